The quantitative estimate of drug-likeness (QED) is 0.266. The van der Waals surface area contributed by atoms with Crippen molar-refractivity contribution in [3.63, 3.8) is 0 Å². The molecule has 0 saturated carbocycles. The number of rotatable bonds is 7. The Morgan fingerprint density at radius 1 is 1.33 bits per heavy atom. The minimum Gasteiger partial charge on any atom is -0.484 e. The zero-order valence-corrected chi connectivity index (χ0v) is 21.2. The SMILES string of the molecule is CC(=NC1CCNCC1)/C(=N\N)c1cc(OC(C)c2ccccc2C(C)(C)O)c2c(C#N)cnn2c1. The van der Waals surface area contributed by atoms with E-state index < -0.39 is 11.7 Å². The van der Waals surface area contributed by atoms with Crippen LogP contribution in [0.15, 0.2) is 52.8 Å². The van der Waals surface area contributed by atoms with Crippen molar-refractivity contribution in [3.05, 3.63) is 65.0 Å². The van der Waals surface area contributed by atoms with Gasteiger partial charge in [0.1, 0.15) is 34.7 Å². The van der Waals surface area contributed by atoms with Gasteiger partial charge >= 0.3 is 0 Å². The topological polar surface area (TPSA) is 133 Å². The second kappa shape index (κ2) is 10.5. The molecule has 0 aliphatic carbocycles. The molecule has 3 heterocycles. The zero-order chi connectivity index (χ0) is 25.9. The third-order valence-corrected chi connectivity index (χ3v) is 6.49. The van der Waals surface area contributed by atoms with Crippen LogP contribution in [0, 0.1) is 11.3 Å². The fourth-order valence-electron chi connectivity index (χ4n) is 4.70. The molecule has 188 valence electrons. The van der Waals surface area contributed by atoms with Crippen LogP contribution in [0.4, 0.5) is 0 Å². The highest BCUT2D eigenvalue weighted by Gasteiger charge is 2.25. The number of aliphatic imine (C=N–C) groups is 1. The molecule has 1 aliphatic rings. The summed E-state index contributed by atoms with van der Waals surface area (Å²) in [5.74, 6) is 6.31. The Bertz CT molecular complexity index is 1340. The van der Waals surface area contributed by atoms with Gasteiger partial charge in [0.15, 0.2) is 0 Å². The molecule has 1 aromatic carbocycles. The molecule has 1 atom stereocenters. The molecule has 9 heteroatoms. The Balaban J connectivity index is 1.76. The van der Waals surface area contributed by atoms with Crippen LogP contribution in [0.3, 0.4) is 0 Å². The summed E-state index contributed by atoms with van der Waals surface area (Å²) in [6.07, 6.45) is 4.80. The molecule has 1 saturated heterocycles. The molecule has 36 heavy (non-hydrogen) atoms. The van der Waals surface area contributed by atoms with E-state index in [-0.39, 0.29) is 6.04 Å². The second-order valence-electron chi connectivity index (χ2n) is 9.64. The molecule has 0 bridgehead atoms. The molecule has 0 radical (unpaired) electrons. The summed E-state index contributed by atoms with van der Waals surface area (Å²) < 4.78 is 8.06. The maximum atomic E-state index is 10.7. The Hall–Kier alpha value is -3.74. The molecular formula is C27H33N7O2. The average Bonchev–Trinajstić information content (AvgIpc) is 3.28. The van der Waals surface area contributed by atoms with Gasteiger partial charge in [-0.2, -0.15) is 15.5 Å². The van der Waals surface area contributed by atoms with Crippen LogP contribution in [-0.2, 0) is 5.60 Å². The molecule has 1 fully saturated rings. The van der Waals surface area contributed by atoms with Gasteiger partial charge < -0.3 is 21.0 Å². The normalized spacial score (nSPS) is 16.7. The first-order chi connectivity index (χ1) is 17.2. The zero-order valence-electron chi connectivity index (χ0n) is 21.2. The number of hydrogen-bond donors (Lipinski definition) is 3. The largest absolute Gasteiger partial charge is 0.484 e. The summed E-state index contributed by atoms with van der Waals surface area (Å²) in [5.41, 5.74) is 3.49. The Kier molecular flexibility index (Phi) is 7.38. The van der Waals surface area contributed by atoms with Crippen molar-refractivity contribution in [2.24, 2.45) is 15.9 Å². The molecule has 2 aromatic heterocycles. The number of hydrazone groups is 1. The lowest BCUT2D eigenvalue weighted by molar-refractivity contribution is 0.0747. The van der Waals surface area contributed by atoms with Gasteiger partial charge in [-0.05, 0) is 70.8 Å². The Labute approximate surface area is 211 Å². The van der Waals surface area contributed by atoms with Crippen molar-refractivity contribution < 1.29 is 9.84 Å². The third-order valence-electron chi connectivity index (χ3n) is 6.49. The number of aromatic nitrogens is 2. The number of ether oxygens (including phenoxy) is 1. The summed E-state index contributed by atoms with van der Waals surface area (Å²) >= 11 is 0. The van der Waals surface area contributed by atoms with Gasteiger partial charge in [0.05, 0.1) is 23.6 Å². The van der Waals surface area contributed by atoms with E-state index >= 15 is 0 Å². The first kappa shape index (κ1) is 25.4. The van der Waals surface area contributed by atoms with Crippen molar-refractivity contribution in [2.75, 3.05) is 13.1 Å². The molecule has 1 unspecified atom stereocenters. The van der Waals surface area contributed by atoms with Gasteiger partial charge in [-0.1, -0.05) is 24.3 Å². The van der Waals surface area contributed by atoms with E-state index in [4.69, 9.17) is 15.6 Å². The van der Waals surface area contributed by atoms with Crippen molar-refractivity contribution in [2.45, 2.75) is 58.3 Å². The van der Waals surface area contributed by atoms with Crippen LogP contribution in [0.25, 0.3) is 5.52 Å². The van der Waals surface area contributed by atoms with Crippen molar-refractivity contribution in [1.82, 2.24) is 14.9 Å². The van der Waals surface area contributed by atoms with Gasteiger partial charge in [0, 0.05) is 11.8 Å². The summed E-state index contributed by atoms with van der Waals surface area (Å²) in [5, 5.41) is 32.2. The molecule has 9 nitrogen and oxygen atoms in total. The monoisotopic (exact) mass is 487 g/mol. The molecule has 3 aromatic rings. The van der Waals surface area contributed by atoms with Crippen LogP contribution < -0.4 is 15.9 Å². The van der Waals surface area contributed by atoms with Crippen molar-refractivity contribution in [1.29, 1.82) is 5.26 Å². The number of fused-ring (bicyclic) bond motifs is 1. The smallest absolute Gasteiger partial charge is 0.148 e. The molecule has 0 amide bonds. The number of pyridine rings is 1. The minimum absolute atomic E-state index is 0.218. The average molecular weight is 488 g/mol. The second-order valence-corrected chi connectivity index (χ2v) is 9.64. The highest BCUT2D eigenvalue weighted by molar-refractivity contribution is 6.47. The lowest BCUT2D eigenvalue weighted by atomic mass is 9.91. The highest BCUT2D eigenvalue weighted by Crippen LogP contribution is 2.33. The third kappa shape index (κ3) is 5.25. The standard InChI is InChI=1S/C27H33N7O2/c1-17(32-21-9-11-30-12-10-21)25(33-29)19-13-24(26-20(14-28)15-31-34(26)16-19)36-18(2)22-7-5-6-8-23(22)27(3,4)35/h5-8,13,15-16,18,21,30,35H,9-12,29H2,1-4H3/b32-17?,33-25+. The molecule has 4 N–H and O–H groups in total. The maximum Gasteiger partial charge on any atom is 0.148 e. The first-order valence-corrected chi connectivity index (χ1v) is 12.2. The van der Waals surface area contributed by atoms with Crippen LogP contribution in [0.1, 0.15) is 68.9 Å². The predicted molar refractivity (Wildman–Crippen MR) is 140 cm³/mol. The van der Waals surface area contributed by atoms with E-state index in [2.05, 4.69) is 21.6 Å². The number of piperidine rings is 1. The van der Waals surface area contributed by atoms with Crippen LogP contribution in [0.2, 0.25) is 0 Å². The fourth-order valence-corrected chi connectivity index (χ4v) is 4.70. The van der Waals surface area contributed by atoms with Crippen molar-refractivity contribution >= 4 is 16.9 Å². The molecule has 1 aliphatic heterocycles. The van der Waals surface area contributed by atoms with E-state index in [1.165, 1.54) is 6.20 Å². The lowest BCUT2D eigenvalue weighted by Crippen LogP contribution is -2.31. The van der Waals surface area contributed by atoms with E-state index in [0.717, 1.165) is 42.8 Å². The van der Waals surface area contributed by atoms with E-state index in [1.54, 1.807) is 24.6 Å². The fraction of sp³-hybridized carbons (Fsp3) is 0.407. The number of hydrogen-bond acceptors (Lipinski definition) is 8. The van der Waals surface area contributed by atoms with Gasteiger partial charge in [0.2, 0.25) is 0 Å². The highest BCUT2D eigenvalue weighted by atomic mass is 16.5. The van der Waals surface area contributed by atoms with Gasteiger partial charge in [-0.15, -0.1) is 0 Å². The Morgan fingerprint density at radius 3 is 2.72 bits per heavy atom. The molecule has 0 spiro atoms. The number of benzene rings is 1. The van der Waals surface area contributed by atoms with Gasteiger partial charge in [0.25, 0.3) is 0 Å². The van der Waals surface area contributed by atoms with E-state index in [1.807, 2.05) is 44.2 Å². The van der Waals surface area contributed by atoms with E-state index in [0.29, 0.717) is 28.1 Å². The summed E-state index contributed by atoms with van der Waals surface area (Å²) in [4.78, 5) is 4.88. The predicted octanol–water partition coefficient (Wildman–Crippen LogP) is 3.45. The molecular weight excluding hydrogens is 454 g/mol. The van der Waals surface area contributed by atoms with Crippen LogP contribution in [-0.4, -0.2) is 45.3 Å². The summed E-state index contributed by atoms with van der Waals surface area (Å²) in [7, 11) is 0. The lowest BCUT2D eigenvalue weighted by Gasteiger charge is -2.25. The number of aliphatic hydroxyl groups is 1. The first-order valence-electron chi connectivity index (χ1n) is 12.2. The number of nitrogens with one attached hydrogen (secondary N) is 1. The Morgan fingerprint density at radius 2 is 2.06 bits per heavy atom. The summed E-state index contributed by atoms with van der Waals surface area (Å²) in [6, 6.07) is 11.9. The van der Waals surface area contributed by atoms with E-state index in [9.17, 15) is 10.4 Å². The van der Waals surface area contributed by atoms with Crippen LogP contribution >= 0.6 is 0 Å². The van der Waals surface area contributed by atoms with Crippen LogP contribution in [0.5, 0.6) is 5.75 Å². The number of nitrogens with two attached hydrogens (primary N) is 1. The maximum absolute atomic E-state index is 10.7. The van der Waals surface area contributed by atoms with Gasteiger partial charge in [-0.25, -0.2) is 4.52 Å². The van der Waals surface area contributed by atoms with Gasteiger partial charge in [-0.3, -0.25) is 4.99 Å². The molecule has 4 rings (SSSR count). The number of nitriles is 1. The summed E-state index contributed by atoms with van der Waals surface area (Å²) in [6.45, 7) is 9.19. The minimum atomic E-state index is -1.04. The number of nitrogens with zero attached hydrogens (tertiary/aromatic N) is 5. The van der Waals surface area contributed by atoms with Crippen molar-refractivity contribution in [3.8, 4) is 11.8 Å².